The highest BCUT2D eigenvalue weighted by Crippen LogP contribution is 2.19. The van der Waals surface area contributed by atoms with Crippen molar-refractivity contribution < 1.29 is 27.1 Å². The molecule has 158 valence electrons. The van der Waals surface area contributed by atoms with Crippen LogP contribution in [0.3, 0.4) is 0 Å². The Morgan fingerprint density at radius 2 is 1.90 bits per heavy atom. The van der Waals surface area contributed by atoms with Crippen molar-refractivity contribution in [1.82, 2.24) is 10.2 Å². The summed E-state index contributed by atoms with van der Waals surface area (Å²) in [7, 11) is 1.38. The van der Waals surface area contributed by atoms with E-state index in [4.69, 9.17) is 4.74 Å². The normalized spacial score (nSPS) is 11.4. The Morgan fingerprint density at radius 1 is 1.14 bits per heavy atom. The average molecular weight is 413 g/mol. The van der Waals surface area contributed by atoms with Crippen LogP contribution in [0.5, 0.6) is 5.75 Å². The van der Waals surface area contributed by atoms with E-state index in [1.165, 1.54) is 19.2 Å². The molecule has 5 nitrogen and oxygen atoms in total. The zero-order valence-electron chi connectivity index (χ0n) is 15.9. The Balaban J connectivity index is 1.72. The van der Waals surface area contributed by atoms with E-state index in [9.17, 15) is 22.4 Å². The number of rotatable bonds is 9. The summed E-state index contributed by atoms with van der Waals surface area (Å²) < 4.78 is 55.5. The van der Waals surface area contributed by atoms with Crippen LogP contribution in [-0.2, 0) is 6.61 Å². The van der Waals surface area contributed by atoms with Gasteiger partial charge in [-0.3, -0.25) is 4.90 Å². The number of carbonyl (C=O) groups is 1. The smallest absolute Gasteiger partial charge is 0.401 e. The van der Waals surface area contributed by atoms with Crippen molar-refractivity contribution in [2.75, 3.05) is 32.0 Å². The zero-order valence-corrected chi connectivity index (χ0v) is 15.9. The molecule has 0 heterocycles. The Morgan fingerprint density at radius 3 is 2.62 bits per heavy atom. The van der Waals surface area contributed by atoms with Crippen LogP contribution >= 0.6 is 0 Å². The second-order valence-electron chi connectivity index (χ2n) is 6.53. The van der Waals surface area contributed by atoms with Gasteiger partial charge in [-0.15, -0.1) is 0 Å². The molecule has 0 spiro atoms. The van der Waals surface area contributed by atoms with Crippen molar-refractivity contribution >= 4 is 11.7 Å². The SMILES string of the molecule is CN(CCCNC(=O)Nc1cccc(OCc2cccc(F)c2)c1)CC(F)(F)F. The van der Waals surface area contributed by atoms with E-state index in [0.29, 0.717) is 23.4 Å². The summed E-state index contributed by atoms with van der Waals surface area (Å²) >= 11 is 0. The lowest BCUT2D eigenvalue weighted by Crippen LogP contribution is -2.34. The van der Waals surface area contributed by atoms with Crippen LogP contribution in [0.15, 0.2) is 48.5 Å². The number of alkyl halides is 3. The fourth-order valence-corrected chi connectivity index (χ4v) is 2.57. The molecule has 0 unspecified atom stereocenters. The monoisotopic (exact) mass is 413 g/mol. The summed E-state index contributed by atoms with van der Waals surface area (Å²) in [6.07, 6.45) is -3.85. The van der Waals surface area contributed by atoms with Gasteiger partial charge in [-0.05, 0) is 49.8 Å². The van der Waals surface area contributed by atoms with E-state index >= 15 is 0 Å². The zero-order chi connectivity index (χ0) is 21.3. The fourth-order valence-electron chi connectivity index (χ4n) is 2.57. The predicted octanol–water partition coefficient (Wildman–Crippen LogP) is 4.41. The maximum atomic E-state index is 13.2. The molecular weight excluding hydrogens is 390 g/mol. The highest BCUT2D eigenvalue weighted by Gasteiger charge is 2.28. The highest BCUT2D eigenvalue weighted by molar-refractivity contribution is 5.89. The number of urea groups is 1. The van der Waals surface area contributed by atoms with Crippen molar-refractivity contribution in [3.8, 4) is 5.75 Å². The summed E-state index contributed by atoms with van der Waals surface area (Å²) in [6, 6.07) is 12.3. The molecule has 2 aromatic carbocycles. The van der Waals surface area contributed by atoms with Gasteiger partial charge in [-0.25, -0.2) is 9.18 Å². The first-order valence-electron chi connectivity index (χ1n) is 8.99. The second kappa shape index (κ2) is 10.7. The lowest BCUT2D eigenvalue weighted by molar-refractivity contribution is -0.143. The second-order valence-corrected chi connectivity index (χ2v) is 6.53. The van der Waals surface area contributed by atoms with E-state index in [1.54, 1.807) is 36.4 Å². The topological polar surface area (TPSA) is 53.6 Å². The van der Waals surface area contributed by atoms with Crippen molar-refractivity contribution in [3.05, 3.63) is 59.9 Å². The first-order valence-corrected chi connectivity index (χ1v) is 8.99. The van der Waals surface area contributed by atoms with Crippen molar-refractivity contribution in [2.24, 2.45) is 0 Å². The molecule has 0 atom stereocenters. The van der Waals surface area contributed by atoms with Crippen LogP contribution in [-0.4, -0.2) is 43.8 Å². The molecule has 0 bridgehead atoms. The van der Waals surface area contributed by atoms with E-state index in [-0.39, 0.29) is 25.5 Å². The molecule has 0 radical (unpaired) electrons. The third-order valence-corrected chi connectivity index (χ3v) is 3.84. The Kier molecular flexibility index (Phi) is 8.26. The molecule has 29 heavy (non-hydrogen) atoms. The number of benzene rings is 2. The molecule has 0 saturated heterocycles. The van der Waals surface area contributed by atoms with Crippen LogP contribution in [0.2, 0.25) is 0 Å². The third kappa shape index (κ3) is 9.29. The van der Waals surface area contributed by atoms with E-state index < -0.39 is 18.8 Å². The van der Waals surface area contributed by atoms with Gasteiger partial charge < -0.3 is 15.4 Å². The van der Waals surface area contributed by atoms with Crippen molar-refractivity contribution in [2.45, 2.75) is 19.2 Å². The summed E-state index contributed by atoms with van der Waals surface area (Å²) in [6.45, 7) is -0.354. The number of anilines is 1. The number of hydrogen-bond donors (Lipinski definition) is 2. The third-order valence-electron chi connectivity index (χ3n) is 3.84. The van der Waals surface area contributed by atoms with Gasteiger partial charge in [0.05, 0.1) is 6.54 Å². The number of carbonyl (C=O) groups excluding carboxylic acids is 1. The molecule has 0 aliphatic carbocycles. The van der Waals surface area contributed by atoms with Crippen molar-refractivity contribution in [1.29, 1.82) is 0 Å². The Labute approximate surface area is 166 Å². The van der Waals surface area contributed by atoms with Gasteiger partial charge >= 0.3 is 12.2 Å². The van der Waals surface area contributed by atoms with E-state index in [2.05, 4.69) is 10.6 Å². The molecule has 2 rings (SSSR count). The standard InChI is InChI=1S/C20H23F4N3O2/c1-27(14-20(22,23)24)10-4-9-25-19(28)26-17-7-3-8-18(12-17)29-13-15-5-2-6-16(21)11-15/h2-3,5-8,11-12H,4,9-10,13-14H2,1H3,(H2,25,26,28). The summed E-state index contributed by atoms with van der Waals surface area (Å²) in [5, 5.41) is 5.22. The molecule has 9 heteroatoms. The minimum Gasteiger partial charge on any atom is -0.489 e. The maximum absolute atomic E-state index is 13.2. The average Bonchev–Trinajstić information content (AvgIpc) is 2.63. The minimum absolute atomic E-state index is 0.179. The van der Waals surface area contributed by atoms with Crippen LogP contribution in [0.25, 0.3) is 0 Å². The van der Waals surface area contributed by atoms with E-state index in [1.807, 2.05) is 0 Å². The largest absolute Gasteiger partial charge is 0.489 e. The minimum atomic E-state index is -4.23. The molecule has 2 N–H and O–H groups in total. The van der Waals surface area contributed by atoms with Crippen LogP contribution < -0.4 is 15.4 Å². The first kappa shape index (κ1) is 22.5. The van der Waals surface area contributed by atoms with Gasteiger partial charge in [0.15, 0.2) is 0 Å². The van der Waals surface area contributed by atoms with Crippen LogP contribution in [0.1, 0.15) is 12.0 Å². The number of nitrogens with zero attached hydrogens (tertiary/aromatic N) is 1. The molecule has 2 amide bonds. The van der Waals surface area contributed by atoms with Gasteiger partial charge in [-0.1, -0.05) is 18.2 Å². The molecule has 0 aliphatic rings. The van der Waals surface area contributed by atoms with Gasteiger partial charge in [0.1, 0.15) is 18.2 Å². The number of halogens is 4. The Hall–Kier alpha value is -2.81. The molecule has 0 aromatic heterocycles. The van der Waals surface area contributed by atoms with Crippen LogP contribution in [0.4, 0.5) is 28.0 Å². The highest BCUT2D eigenvalue weighted by atomic mass is 19.4. The summed E-state index contributed by atoms with van der Waals surface area (Å²) in [5.41, 5.74) is 1.17. The summed E-state index contributed by atoms with van der Waals surface area (Å²) in [4.78, 5) is 13.1. The number of amides is 2. The van der Waals surface area contributed by atoms with Gasteiger partial charge in [0.2, 0.25) is 0 Å². The number of nitrogens with one attached hydrogen (secondary N) is 2. The van der Waals surface area contributed by atoms with Crippen molar-refractivity contribution in [3.63, 3.8) is 0 Å². The molecule has 2 aromatic rings. The number of hydrogen-bond acceptors (Lipinski definition) is 3. The predicted molar refractivity (Wildman–Crippen MR) is 102 cm³/mol. The lowest BCUT2D eigenvalue weighted by atomic mass is 10.2. The maximum Gasteiger partial charge on any atom is 0.401 e. The lowest BCUT2D eigenvalue weighted by Gasteiger charge is -2.18. The van der Waals surface area contributed by atoms with Gasteiger partial charge in [0.25, 0.3) is 0 Å². The first-order chi connectivity index (χ1) is 13.7. The quantitative estimate of drug-likeness (QED) is 0.473. The van der Waals surface area contributed by atoms with Gasteiger partial charge in [-0.2, -0.15) is 13.2 Å². The Bertz CT molecular complexity index is 799. The fraction of sp³-hybridized carbons (Fsp3) is 0.350. The molecular formula is C20H23F4N3O2. The van der Waals surface area contributed by atoms with Gasteiger partial charge in [0, 0.05) is 18.3 Å². The van der Waals surface area contributed by atoms with E-state index in [0.717, 1.165) is 4.90 Å². The number of ether oxygens (including phenoxy) is 1. The van der Waals surface area contributed by atoms with Crippen LogP contribution in [0, 0.1) is 5.82 Å². The molecule has 0 aliphatic heterocycles. The summed E-state index contributed by atoms with van der Waals surface area (Å²) in [5.74, 6) is 0.156. The molecule has 0 saturated carbocycles. The molecule has 0 fully saturated rings.